The maximum absolute atomic E-state index is 5.85. The minimum absolute atomic E-state index is 0.507. The smallest absolute Gasteiger partial charge is 0.0957 e. The number of alkyl halides is 1. The van der Waals surface area contributed by atoms with Gasteiger partial charge in [-0.2, -0.15) is 13.8 Å². The van der Waals surface area contributed by atoms with Crippen molar-refractivity contribution in [1.29, 1.82) is 0 Å². The lowest BCUT2D eigenvalue weighted by atomic mass is 10.2. The van der Waals surface area contributed by atoms with Crippen LogP contribution in [0.15, 0.2) is 6.20 Å². The number of halogens is 1. The van der Waals surface area contributed by atoms with Gasteiger partial charge in [-0.3, -0.25) is 4.68 Å². The second-order valence-corrected chi connectivity index (χ2v) is 4.16. The molecule has 6 heteroatoms. The molecule has 2 rings (SSSR count). The Kier molecular flexibility index (Phi) is 3.02. The highest BCUT2D eigenvalue weighted by Crippen LogP contribution is 2.16. The van der Waals surface area contributed by atoms with Gasteiger partial charge >= 0.3 is 0 Å². The lowest BCUT2D eigenvalue weighted by Crippen LogP contribution is -2.04. The number of rotatable bonds is 3. The van der Waals surface area contributed by atoms with Crippen molar-refractivity contribution < 1.29 is 0 Å². The summed E-state index contributed by atoms with van der Waals surface area (Å²) in [7, 11) is 0. The van der Waals surface area contributed by atoms with Gasteiger partial charge in [-0.05, 0) is 13.8 Å². The molecular weight excluding hydrogens is 232 g/mol. The highest BCUT2D eigenvalue weighted by molar-refractivity contribution is 6.99. The van der Waals surface area contributed by atoms with Crippen LogP contribution in [0, 0.1) is 13.8 Å². The average molecular weight is 243 g/mol. The third kappa shape index (κ3) is 2.03. The van der Waals surface area contributed by atoms with Crippen LogP contribution >= 0.6 is 23.3 Å². The Morgan fingerprint density at radius 3 is 2.80 bits per heavy atom. The minimum Gasteiger partial charge on any atom is -0.263 e. The summed E-state index contributed by atoms with van der Waals surface area (Å²) in [5.41, 5.74) is 4.15. The molecule has 2 aromatic rings. The Balaban J connectivity index is 2.29. The summed E-state index contributed by atoms with van der Waals surface area (Å²) in [5, 5.41) is 4.42. The quantitative estimate of drug-likeness (QED) is 0.775. The maximum atomic E-state index is 5.85. The van der Waals surface area contributed by atoms with Gasteiger partial charge < -0.3 is 0 Å². The van der Waals surface area contributed by atoms with Crippen LogP contribution in [0.2, 0.25) is 0 Å². The van der Waals surface area contributed by atoms with Crippen molar-refractivity contribution in [1.82, 2.24) is 18.5 Å². The molecule has 0 atom stereocenters. The van der Waals surface area contributed by atoms with Gasteiger partial charge in [-0.1, -0.05) is 0 Å². The molecule has 4 nitrogen and oxygen atoms in total. The van der Waals surface area contributed by atoms with E-state index in [0.29, 0.717) is 12.4 Å². The molecule has 0 aliphatic heterocycles. The minimum atomic E-state index is 0.507. The molecule has 0 saturated heterocycles. The van der Waals surface area contributed by atoms with Crippen LogP contribution < -0.4 is 0 Å². The van der Waals surface area contributed by atoms with E-state index in [9.17, 15) is 0 Å². The summed E-state index contributed by atoms with van der Waals surface area (Å²) in [6, 6.07) is 0. The average Bonchev–Trinajstić information content (AvgIpc) is 2.78. The van der Waals surface area contributed by atoms with Crippen LogP contribution in [0.25, 0.3) is 0 Å². The van der Waals surface area contributed by atoms with Gasteiger partial charge in [0.2, 0.25) is 0 Å². The highest BCUT2D eigenvalue weighted by atomic mass is 35.5. The van der Waals surface area contributed by atoms with E-state index in [1.807, 2.05) is 18.5 Å². The lowest BCUT2D eigenvalue weighted by molar-refractivity contribution is 0.650. The first-order chi connectivity index (χ1) is 7.22. The molecular formula is C9H11ClN4S. The molecule has 0 amide bonds. The highest BCUT2D eigenvalue weighted by Gasteiger charge is 2.11. The van der Waals surface area contributed by atoms with Crippen molar-refractivity contribution in [3.8, 4) is 0 Å². The van der Waals surface area contributed by atoms with Gasteiger partial charge in [-0.15, -0.1) is 11.6 Å². The van der Waals surface area contributed by atoms with E-state index >= 15 is 0 Å². The van der Waals surface area contributed by atoms with E-state index in [1.165, 1.54) is 11.7 Å². The number of aromatic nitrogens is 4. The molecule has 0 aliphatic rings. The Labute approximate surface area is 97.2 Å². The SMILES string of the molecule is Cc1nn(Cc2cnsn2)c(C)c1CCl. The second kappa shape index (κ2) is 4.28. The van der Waals surface area contributed by atoms with Crippen molar-refractivity contribution >= 4 is 23.3 Å². The topological polar surface area (TPSA) is 43.6 Å². The van der Waals surface area contributed by atoms with Gasteiger partial charge in [-0.25, -0.2) is 0 Å². The fourth-order valence-corrected chi connectivity index (χ4v) is 2.30. The van der Waals surface area contributed by atoms with Gasteiger partial charge in [0.25, 0.3) is 0 Å². The normalized spacial score (nSPS) is 10.9. The molecule has 0 saturated carbocycles. The Bertz CT molecular complexity index is 449. The molecule has 15 heavy (non-hydrogen) atoms. The van der Waals surface area contributed by atoms with Crippen molar-refractivity contribution in [3.05, 3.63) is 28.8 Å². The van der Waals surface area contributed by atoms with E-state index in [1.54, 1.807) is 6.20 Å². The van der Waals surface area contributed by atoms with Crippen molar-refractivity contribution in [2.75, 3.05) is 0 Å². The molecule has 0 fully saturated rings. The number of hydrogen-bond acceptors (Lipinski definition) is 4. The predicted octanol–water partition coefficient (Wildman–Crippen LogP) is 2.14. The molecule has 0 aromatic carbocycles. The van der Waals surface area contributed by atoms with Crippen molar-refractivity contribution in [3.63, 3.8) is 0 Å². The van der Waals surface area contributed by atoms with Gasteiger partial charge in [0.05, 0.1) is 41.7 Å². The fourth-order valence-electron chi connectivity index (χ4n) is 1.49. The first-order valence-electron chi connectivity index (χ1n) is 4.57. The van der Waals surface area contributed by atoms with Crippen LogP contribution in [0.5, 0.6) is 0 Å². The lowest BCUT2D eigenvalue weighted by Gasteiger charge is -2.01. The fraction of sp³-hybridized carbons (Fsp3) is 0.444. The molecule has 0 aliphatic carbocycles. The maximum Gasteiger partial charge on any atom is 0.0957 e. The van der Waals surface area contributed by atoms with Crippen LogP contribution in [0.3, 0.4) is 0 Å². The van der Waals surface area contributed by atoms with Gasteiger partial charge in [0.15, 0.2) is 0 Å². The summed E-state index contributed by atoms with van der Waals surface area (Å²) < 4.78 is 10.0. The van der Waals surface area contributed by atoms with E-state index in [-0.39, 0.29) is 0 Å². The van der Waals surface area contributed by atoms with Crippen LogP contribution in [-0.2, 0) is 12.4 Å². The summed E-state index contributed by atoms with van der Waals surface area (Å²) >= 11 is 7.07. The monoisotopic (exact) mass is 242 g/mol. The Morgan fingerprint density at radius 1 is 1.47 bits per heavy atom. The molecule has 80 valence electrons. The number of hydrogen-bond donors (Lipinski definition) is 0. The molecule has 0 unspecified atom stereocenters. The summed E-state index contributed by atoms with van der Waals surface area (Å²) in [5.74, 6) is 0.507. The van der Waals surface area contributed by atoms with Gasteiger partial charge in [0.1, 0.15) is 0 Å². The van der Waals surface area contributed by atoms with Gasteiger partial charge in [0, 0.05) is 11.3 Å². The van der Waals surface area contributed by atoms with Crippen LogP contribution in [0.1, 0.15) is 22.6 Å². The molecule has 0 bridgehead atoms. The van der Waals surface area contributed by atoms with Crippen LogP contribution in [-0.4, -0.2) is 18.5 Å². The number of aryl methyl sites for hydroxylation is 1. The largest absolute Gasteiger partial charge is 0.263 e. The first kappa shape index (κ1) is 10.6. The van der Waals surface area contributed by atoms with E-state index in [2.05, 4.69) is 13.8 Å². The molecule has 2 heterocycles. The van der Waals surface area contributed by atoms with E-state index < -0.39 is 0 Å². The van der Waals surface area contributed by atoms with E-state index in [0.717, 1.165) is 22.6 Å². The standard InChI is InChI=1S/C9H11ClN4S/c1-6-9(3-10)7(2)14(12-6)5-8-4-11-15-13-8/h4H,3,5H2,1-2H3. The van der Waals surface area contributed by atoms with Crippen LogP contribution in [0.4, 0.5) is 0 Å². The molecule has 0 spiro atoms. The zero-order valence-corrected chi connectivity index (χ0v) is 10.1. The third-order valence-electron chi connectivity index (χ3n) is 2.38. The second-order valence-electron chi connectivity index (χ2n) is 3.34. The Morgan fingerprint density at radius 2 is 2.27 bits per heavy atom. The number of nitrogens with zero attached hydrogens (tertiary/aromatic N) is 4. The zero-order chi connectivity index (χ0) is 10.8. The van der Waals surface area contributed by atoms with Crippen molar-refractivity contribution in [2.45, 2.75) is 26.3 Å². The zero-order valence-electron chi connectivity index (χ0n) is 8.57. The predicted molar refractivity (Wildman–Crippen MR) is 60.3 cm³/mol. The Hall–Kier alpha value is -0.940. The summed E-state index contributed by atoms with van der Waals surface area (Å²) in [6.07, 6.45) is 1.77. The van der Waals surface area contributed by atoms with Crippen molar-refractivity contribution in [2.24, 2.45) is 0 Å². The molecule has 0 N–H and O–H groups in total. The third-order valence-corrected chi connectivity index (χ3v) is 3.17. The van der Waals surface area contributed by atoms with E-state index in [4.69, 9.17) is 11.6 Å². The summed E-state index contributed by atoms with van der Waals surface area (Å²) in [4.78, 5) is 0. The summed E-state index contributed by atoms with van der Waals surface area (Å²) in [6.45, 7) is 4.66. The first-order valence-corrected chi connectivity index (χ1v) is 5.84. The molecule has 0 radical (unpaired) electrons. The molecule has 2 aromatic heterocycles.